The fourth-order valence-corrected chi connectivity index (χ4v) is 14.1. The van der Waals surface area contributed by atoms with Crippen LogP contribution in [0.25, 0.3) is 0 Å². The number of ether oxygens (including phenoxy) is 1. The third kappa shape index (κ3) is 31.8. The number of nitrogens with zero attached hydrogens (tertiary/aromatic N) is 4. The molecular weight excluding hydrogens is 1650 g/mol. The first-order valence-corrected chi connectivity index (χ1v) is 43.8. The van der Waals surface area contributed by atoms with E-state index in [4.69, 9.17) is 75.7 Å². The van der Waals surface area contributed by atoms with Crippen LogP contribution in [0.5, 0.6) is 11.5 Å². The van der Waals surface area contributed by atoms with Crippen molar-refractivity contribution < 1.29 is 143 Å². The molecule has 0 fully saturated rings. The molecule has 0 aliphatic heterocycles. The Morgan fingerprint density at radius 2 is 0.500 bits per heavy atom. The molecule has 38 heteroatoms. The van der Waals surface area contributed by atoms with Crippen molar-refractivity contribution in [3.63, 3.8) is 0 Å². The third-order valence-corrected chi connectivity index (χ3v) is 24.4. The Hall–Kier alpha value is -4.14. The maximum absolute atomic E-state index is 10.7. The zero-order valence-corrected chi connectivity index (χ0v) is 67.5. The first-order chi connectivity index (χ1) is 47.4. The molecule has 0 heterocycles. The number of hydrogen-bond acceptors (Lipinski definition) is 13. The van der Waals surface area contributed by atoms with E-state index in [0.29, 0.717) is 0 Å². The Labute approximate surface area is 622 Å². The van der Waals surface area contributed by atoms with Gasteiger partial charge in [-0.1, -0.05) is 120 Å². The molecule has 6 aromatic rings. The minimum atomic E-state index is -6.09. The fourth-order valence-electron chi connectivity index (χ4n) is 9.30. The molecule has 0 amide bonds. The number of quaternary nitrogens is 4. The number of halogens is 14. The second-order valence-corrected chi connectivity index (χ2v) is 36.9. The Morgan fingerprint density at radius 3 is 0.635 bits per heavy atom. The van der Waals surface area contributed by atoms with Gasteiger partial charge in [0.25, 0.3) is 0 Å². The van der Waals surface area contributed by atoms with Crippen LogP contribution in [0.3, 0.4) is 0 Å². The molecule has 104 heavy (non-hydrogen) atoms. The summed E-state index contributed by atoms with van der Waals surface area (Å²) in [5.41, 5.74) is -14.6. The number of hydrogen-bond donors (Lipinski definition) is 0. The van der Waals surface area contributed by atoms with Crippen LogP contribution in [0.15, 0.2) is 133 Å². The molecule has 0 radical (unpaired) electrons. The van der Waals surface area contributed by atoms with Crippen molar-refractivity contribution in [1.82, 2.24) is 0 Å². The van der Waals surface area contributed by atoms with E-state index in [9.17, 15) is 52.7 Å². The molecule has 0 N–H and O–H groups in total. The molecule has 6 rings (SSSR count). The number of alkyl halides is 12. The van der Waals surface area contributed by atoms with Crippen molar-refractivity contribution in [3.8, 4) is 11.5 Å². The van der Waals surface area contributed by atoms with E-state index in [1.807, 2.05) is 0 Å². The topological polar surface area (TPSA) is 238 Å². The molecule has 0 aromatic heterocycles. The van der Waals surface area contributed by atoms with Crippen molar-refractivity contribution in [3.05, 3.63) is 167 Å². The van der Waals surface area contributed by atoms with Gasteiger partial charge in [-0.15, -0.1) is 0 Å². The molecule has 6 aromatic carbocycles. The first-order valence-electron chi connectivity index (χ1n) is 31.5. The summed E-state index contributed by atoms with van der Waals surface area (Å²) in [6, 6.07) is 52.1. The van der Waals surface area contributed by atoms with Gasteiger partial charge in [0.15, 0.2) is 40.5 Å². The Bertz CT molecular complexity index is 3630. The average Bonchev–Trinajstić information content (AvgIpc) is 0.774. The normalized spacial score (nSPS) is 12.9. The summed E-state index contributed by atoms with van der Waals surface area (Å²) in [5.74, 6) is 1.86. The number of benzene rings is 6. The molecule has 0 saturated carbocycles. The monoisotopic (exact) mass is 1740 g/mol. The van der Waals surface area contributed by atoms with E-state index in [0.717, 1.165) is 108 Å². The molecule has 592 valence electrons. The van der Waals surface area contributed by atoms with Crippen molar-refractivity contribution in [2.75, 3.05) is 80.5 Å². The van der Waals surface area contributed by atoms with Gasteiger partial charge in [-0.25, -0.2) is 33.7 Å². The van der Waals surface area contributed by atoms with Crippen LogP contribution in [0.1, 0.15) is 88.8 Å². The molecule has 0 atom stereocenters. The standard InChI is InChI=1S/C62H88N4OP2.4CHF3O3S.2ClH.Pd/c1-15-63(11,16-2)45-51-25-33-55(34-26-51)68(56-35-27-52(28-36-56)46-64(12,17-3)18-4)61-43-49(9)23-41-59(61)67-60-42-24-50(10)44-62(60)69(57-37-29-53(30-38-57)47-65(13,19-5)20-6)58-39-31-54(32-40-58)48-66(14,21-7)22-8;4*2-1(3,4)8(5,6)7;;;/h23-44H,15-22,45-48H2,1-14H3;4*(H,5,6,7);2*1H;/q+4;;;;;;;+2/p-6. The SMILES string of the molecule is CC[N+](C)(CC)Cc1ccc(P(c2ccc(C[N+](C)(CC)CC)cc2)c2cc(C)ccc2Oc2ccc(C)cc2P(c2ccc(C[N+](C)(CC)CC)cc2)c2ccc(C[N+](C)(CC)CC)cc2)cc1.O=S(=O)([O-])C(F)(F)F.O=S(=O)([O-])C(F)(F)F.O=S(=O)([O-])C(F)(F)F.O=S(=O)([O-])C(F)(F)F.[Cl][Pd][Cl]. The Kier molecular flexibility index (Phi) is 38.6. The summed E-state index contributed by atoms with van der Waals surface area (Å²) >= 11 is -0.106. The summed E-state index contributed by atoms with van der Waals surface area (Å²) in [5, 5.41) is 7.87. The molecule has 0 bridgehead atoms. The van der Waals surface area contributed by atoms with E-state index in [2.05, 4.69) is 231 Å². The molecular formula is C66H88Cl2F12N4O13P2PdS4. The maximum atomic E-state index is 10.7. The zero-order chi connectivity index (χ0) is 80.7. The van der Waals surface area contributed by atoms with Gasteiger partial charge in [-0.2, -0.15) is 52.7 Å². The molecule has 0 spiro atoms. The van der Waals surface area contributed by atoms with E-state index in [-0.39, 0.29) is 15.9 Å². The molecule has 0 aliphatic carbocycles. The van der Waals surface area contributed by atoms with Crippen LogP contribution in [-0.2, 0) is 82.6 Å². The van der Waals surface area contributed by atoms with Gasteiger partial charge in [-0.05, 0) is 131 Å². The summed E-state index contributed by atoms with van der Waals surface area (Å²) in [6.45, 7) is 35.9. The van der Waals surface area contributed by atoms with Crippen LogP contribution < -0.4 is 36.6 Å². The van der Waals surface area contributed by atoms with Gasteiger partial charge in [0.1, 0.15) is 37.7 Å². The Morgan fingerprint density at radius 1 is 0.346 bits per heavy atom. The predicted octanol–water partition coefficient (Wildman–Crippen LogP) is 13.1. The summed E-state index contributed by atoms with van der Waals surface area (Å²) < 4.78 is 247. The van der Waals surface area contributed by atoms with Gasteiger partial charge in [0.2, 0.25) is 0 Å². The zero-order valence-electron chi connectivity index (χ0n) is 59.4. The van der Waals surface area contributed by atoms with Crippen molar-refractivity contribution in [2.24, 2.45) is 0 Å². The van der Waals surface area contributed by atoms with E-state index in [1.165, 1.54) is 65.2 Å². The van der Waals surface area contributed by atoms with E-state index < -0.39 is 78.3 Å². The van der Waals surface area contributed by atoms with Gasteiger partial charge in [-0.3, -0.25) is 0 Å². The third-order valence-electron chi connectivity index (χ3n) is 17.2. The van der Waals surface area contributed by atoms with E-state index in [1.54, 1.807) is 0 Å². The van der Waals surface area contributed by atoms with Crippen LogP contribution in [-0.4, -0.2) is 172 Å². The Balaban J connectivity index is 0.00000126. The van der Waals surface area contributed by atoms with Gasteiger partial charge < -0.3 is 40.9 Å². The fraction of sp³-hybridized carbons (Fsp3) is 0.455. The van der Waals surface area contributed by atoms with Crippen molar-refractivity contribution in [1.29, 1.82) is 0 Å². The molecule has 0 aliphatic rings. The van der Waals surface area contributed by atoms with E-state index >= 15 is 0 Å². The van der Waals surface area contributed by atoms with Crippen LogP contribution in [0, 0.1) is 13.8 Å². The predicted molar refractivity (Wildman–Crippen MR) is 378 cm³/mol. The van der Waals surface area contributed by atoms with Crippen LogP contribution in [0.4, 0.5) is 52.7 Å². The molecule has 17 nitrogen and oxygen atoms in total. The van der Waals surface area contributed by atoms with Crippen LogP contribution in [0.2, 0.25) is 0 Å². The average molecular weight is 1740 g/mol. The quantitative estimate of drug-likeness (QED) is 0.0137. The second kappa shape index (κ2) is 41.1. The summed E-state index contributed by atoms with van der Waals surface area (Å²) in [6.07, 6.45) is 0. The second-order valence-electron chi connectivity index (χ2n) is 24.7. The number of rotatable bonds is 24. The van der Waals surface area contributed by atoms with Crippen molar-refractivity contribution in [2.45, 2.75) is 117 Å². The van der Waals surface area contributed by atoms with Gasteiger partial charge >= 0.3 is 57.0 Å². The van der Waals surface area contributed by atoms with Gasteiger partial charge in [0, 0.05) is 32.9 Å². The molecule has 0 unspecified atom stereocenters. The summed E-state index contributed by atoms with van der Waals surface area (Å²) in [4.78, 5) is 0. The molecule has 0 saturated heterocycles. The minimum absolute atomic E-state index is 0.106. The van der Waals surface area contributed by atoms with Gasteiger partial charge in [0.05, 0.1) is 80.5 Å². The van der Waals surface area contributed by atoms with Crippen LogP contribution >= 0.6 is 34.9 Å². The summed E-state index contributed by atoms with van der Waals surface area (Å²) in [7, 11) is -7.19. The number of aryl methyl sites for hydroxylation is 2. The first kappa shape index (κ1) is 97.9. The van der Waals surface area contributed by atoms with Crippen molar-refractivity contribution >= 4 is 107 Å².